The second kappa shape index (κ2) is 6.64. The van der Waals surface area contributed by atoms with Crippen LogP contribution in [-0.2, 0) is 10.2 Å². The molecule has 2 aliphatic rings. The third-order valence-electron chi connectivity index (χ3n) is 5.46. The van der Waals surface area contributed by atoms with Gasteiger partial charge in [-0.25, -0.2) is 4.79 Å². The molecule has 1 N–H and O–H groups in total. The summed E-state index contributed by atoms with van der Waals surface area (Å²) in [6.07, 6.45) is 1.32. The summed E-state index contributed by atoms with van der Waals surface area (Å²) in [6.45, 7) is 7.08. The molecule has 1 aromatic rings. The van der Waals surface area contributed by atoms with Gasteiger partial charge in [0.25, 0.3) is 0 Å². The molecule has 1 aromatic carbocycles. The van der Waals surface area contributed by atoms with Crippen LogP contribution in [0.25, 0.3) is 0 Å². The van der Waals surface area contributed by atoms with Crippen LogP contribution in [-0.4, -0.2) is 41.4 Å². The van der Waals surface area contributed by atoms with E-state index in [2.05, 4.69) is 0 Å². The van der Waals surface area contributed by atoms with Crippen molar-refractivity contribution in [3.8, 4) is 0 Å². The lowest BCUT2D eigenvalue weighted by Crippen LogP contribution is -2.40. The van der Waals surface area contributed by atoms with E-state index in [1.54, 1.807) is 4.90 Å². The zero-order chi connectivity index (χ0) is 18.4. The van der Waals surface area contributed by atoms with Crippen molar-refractivity contribution in [1.82, 2.24) is 4.90 Å². The van der Waals surface area contributed by atoms with Gasteiger partial charge < -0.3 is 14.7 Å². The van der Waals surface area contributed by atoms with Gasteiger partial charge in [-0.3, -0.25) is 0 Å². The van der Waals surface area contributed by atoms with E-state index in [1.807, 2.05) is 39.0 Å². The van der Waals surface area contributed by atoms with Crippen LogP contribution in [0.3, 0.4) is 0 Å². The van der Waals surface area contributed by atoms with Gasteiger partial charge in [-0.1, -0.05) is 29.3 Å². The number of fused-ring (bicyclic) bond motifs is 1. The molecule has 1 aliphatic carbocycles. The molecule has 3 unspecified atom stereocenters. The summed E-state index contributed by atoms with van der Waals surface area (Å²) < 4.78 is 5.51. The maximum Gasteiger partial charge on any atom is 0.410 e. The van der Waals surface area contributed by atoms with Gasteiger partial charge in [-0.2, -0.15) is 0 Å². The summed E-state index contributed by atoms with van der Waals surface area (Å²) in [5.74, 6) is 0.772. The van der Waals surface area contributed by atoms with Crippen molar-refractivity contribution in [2.24, 2.45) is 11.8 Å². The molecular weight excluding hydrogens is 361 g/mol. The van der Waals surface area contributed by atoms with Crippen LogP contribution in [0, 0.1) is 11.8 Å². The summed E-state index contributed by atoms with van der Waals surface area (Å²) in [5, 5.41) is 10.7. The largest absolute Gasteiger partial charge is 0.444 e. The van der Waals surface area contributed by atoms with Crippen molar-refractivity contribution in [3.63, 3.8) is 0 Å². The number of ether oxygens (including phenoxy) is 1. The Morgan fingerprint density at radius 3 is 2.64 bits per heavy atom. The van der Waals surface area contributed by atoms with Crippen LogP contribution >= 0.6 is 23.2 Å². The number of carbonyl (C=O) groups is 1. The number of rotatable bonds is 3. The minimum Gasteiger partial charge on any atom is -0.444 e. The van der Waals surface area contributed by atoms with Crippen LogP contribution < -0.4 is 0 Å². The second-order valence-electron chi connectivity index (χ2n) is 8.07. The Morgan fingerprint density at radius 2 is 2.04 bits per heavy atom. The van der Waals surface area contributed by atoms with Crippen molar-refractivity contribution in [2.45, 2.75) is 44.6 Å². The van der Waals surface area contributed by atoms with E-state index in [1.165, 1.54) is 0 Å². The number of benzene rings is 1. The van der Waals surface area contributed by atoms with Gasteiger partial charge in [0.1, 0.15) is 5.60 Å². The first-order valence-electron chi connectivity index (χ1n) is 8.73. The highest BCUT2D eigenvalue weighted by Gasteiger charge is 2.66. The highest BCUT2D eigenvalue weighted by molar-refractivity contribution is 6.42. The number of aliphatic hydroxyl groups is 1. The fourth-order valence-electron chi connectivity index (χ4n) is 4.38. The molecule has 2 fully saturated rings. The van der Waals surface area contributed by atoms with E-state index < -0.39 is 5.60 Å². The molecule has 3 rings (SSSR count). The number of hydrogen-bond donors (Lipinski definition) is 1. The summed E-state index contributed by atoms with van der Waals surface area (Å²) in [6, 6.07) is 5.73. The van der Waals surface area contributed by atoms with Crippen molar-refractivity contribution in [3.05, 3.63) is 33.8 Å². The van der Waals surface area contributed by atoms with E-state index in [4.69, 9.17) is 27.9 Å². The molecule has 4 nitrogen and oxygen atoms in total. The average Bonchev–Trinajstić information content (AvgIpc) is 3.16. The molecular formula is C19H25Cl2NO3. The molecule has 25 heavy (non-hydrogen) atoms. The third-order valence-corrected chi connectivity index (χ3v) is 6.20. The topological polar surface area (TPSA) is 49.8 Å². The van der Waals surface area contributed by atoms with Gasteiger partial charge in [-0.05, 0) is 63.1 Å². The van der Waals surface area contributed by atoms with Gasteiger partial charge in [0.2, 0.25) is 0 Å². The predicted octanol–water partition coefficient (Wildman–Crippen LogP) is 4.50. The number of nitrogens with zero attached hydrogens (tertiary/aromatic N) is 1. The molecule has 1 aliphatic heterocycles. The minimum absolute atomic E-state index is 0.111. The van der Waals surface area contributed by atoms with Crippen LogP contribution in [0.5, 0.6) is 0 Å². The molecule has 138 valence electrons. The molecule has 0 bridgehead atoms. The van der Waals surface area contributed by atoms with Crippen LogP contribution in [0.15, 0.2) is 18.2 Å². The average molecular weight is 386 g/mol. The smallest absolute Gasteiger partial charge is 0.410 e. The fraction of sp³-hybridized carbons (Fsp3) is 0.632. The summed E-state index contributed by atoms with van der Waals surface area (Å²) in [5.41, 5.74) is 0.486. The monoisotopic (exact) mass is 385 g/mol. The molecule has 1 saturated heterocycles. The highest BCUT2D eigenvalue weighted by atomic mass is 35.5. The SMILES string of the molecule is CC(C)(C)OC(=O)N1CCC2C(C1)C2(CCO)c1ccc(Cl)c(Cl)c1. The Hall–Kier alpha value is -0.970. The Bertz CT molecular complexity index is 673. The third kappa shape index (κ3) is 3.49. The standard InChI is InChI=1S/C19H25Cl2NO3/c1-18(2,3)25-17(24)22-8-6-13-14(11-22)19(13,7-9-23)12-4-5-15(20)16(21)10-12/h4-5,10,13-14,23H,6-9,11H2,1-3H3. The second-order valence-corrected chi connectivity index (χ2v) is 8.89. The van der Waals surface area contributed by atoms with Crippen molar-refractivity contribution in [2.75, 3.05) is 19.7 Å². The molecule has 0 aromatic heterocycles. The molecule has 0 radical (unpaired) electrons. The zero-order valence-electron chi connectivity index (χ0n) is 14.9. The normalized spacial score (nSPS) is 28.5. The van der Waals surface area contributed by atoms with Crippen LogP contribution in [0.4, 0.5) is 4.79 Å². The lowest BCUT2D eigenvalue weighted by Gasteiger charge is -2.29. The Kier molecular flexibility index (Phi) is 5.00. The van der Waals surface area contributed by atoms with Gasteiger partial charge in [-0.15, -0.1) is 0 Å². The van der Waals surface area contributed by atoms with Gasteiger partial charge in [0, 0.05) is 25.1 Å². The van der Waals surface area contributed by atoms with Crippen molar-refractivity contribution < 1.29 is 14.6 Å². The fourth-order valence-corrected chi connectivity index (χ4v) is 4.68. The molecule has 6 heteroatoms. The molecule has 1 saturated carbocycles. The first-order valence-corrected chi connectivity index (χ1v) is 9.49. The number of amides is 1. The summed E-state index contributed by atoms with van der Waals surface area (Å²) >= 11 is 12.3. The van der Waals surface area contributed by atoms with Gasteiger partial charge in [0.05, 0.1) is 10.0 Å². The van der Waals surface area contributed by atoms with Gasteiger partial charge >= 0.3 is 6.09 Å². The first-order chi connectivity index (χ1) is 11.7. The van der Waals surface area contributed by atoms with Crippen LogP contribution in [0.1, 0.15) is 39.2 Å². The molecule has 3 atom stereocenters. The van der Waals surface area contributed by atoms with E-state index >= 15 is 0 Å². The maximum atomic E-state index is 12.4. The lowest BCUT2D eigenvalue weighted by atomic mass is 9.88. The van der Waals surface area contributed by atoms with E-state index in [0.717, 1.165) is 12.0 Å². The minimum atomic E-state index is -0.497. The Morgan fingerprint density at radius 1 is 1.32 bits per heavy atom. The first kappa shape index (κ1) is 18.8. The summed E-state index contributed by atoms with van der Waals surface area (Å²) in [7, 11) is 0. The van der Waals surface area contributed by atoms with Crippen molar-refractivity contribution in [1.29, 1.82) is 0 Å². The molecule has 0 spiro atoms. The quantitative estimate of drug-likeness (QED) is 0.832. The lowest BCUT2D eigenvalue weighted by molar-refractivity contribution is 0.0206. The Balaban J connectivity index is 1.80. The molecule has 1 heterocycles. The number of hydrogen-bond acceptors (Lipinski definition) is 3. The van der Waals surface area contributed by atoms with E-state index in [-0.39, 0.29) is 18.1 Å². The van der Waals surface area contributed by atoms with E-state index in [9.17, 15) is 9.90 Å². The highest BCUT2D eigenvalue weighted by Crippen LogP contribution is 2.65. The zero-order valence-corrected chi connectivity index (χ0v) is 16.4. The van der Waals surface area contributed by atoms with E-state index in [0.29, 0.717) is 41.4 Å². The maximum absolute atomic E-state index is 12.4. The van der Waals surface area contributed by atoms with Crippen molar-refractivity contribution >= 4 is 29.3 Å². The number of piperidine rings is 1. The number of carbonyl (C=O) groups excluding carboxylic acids is 1. The number of halogens is 2. The molecule has 1 amide bonds. The number of aliphatic hydroxyl groups excluding tert-OH is 1. The predicted molar refractivity (Wildman–Crippen MR) is 99.2 cm³/mol. The van der Waals surface area contributed by atoms with Gasteiger partial charge in [0.15, 0.2) is 0 Å². The Labute approximate surface area is 159 Å². The number of likely N-dealkylation sites (tertiary alicyclic amines) is 1. The van der Waals surface area contributed by atoms with Crippen LogP contribution in [0.2, 0.25) is 10.0 Å². The summed E-state index contributed by atoms with van der Waals surface area (Å²) in [4.78, 5) is 14.2.